The number of carbonyl (C=O) groups is 3. The summed E-state index contributed by atoms with van der Waals surface area (Å²) in [4.78, 5) is 41.1. The van der Waals surface area contributed by atoms with Crippen molar-refractivity contribution < 1.29 is 23.5 Å². The summed E-state index contributed by atoms with van der Waals surface area (Å²) in [6.45, 7) is 14.9. The van der Waals surface area contributed by atoms with Gasteiger partial charge in [-0.15, -0.1) is 10.2 Å². The molecule has 0 saturated heterocycles. The Morgan fingerprint density at radius 1 is 1.09 bits per heavy atom. The van der Waals surface area contributed by atoms with Gasteiger partial charge in [0.25, 0.3) is 5.89 Å². The molecule has 9 nitrogen and oxygen atoms in total. The fraction of sp³-hybridized carbons (Fsp3) is 0.560. The van der Waals surface area contributed by atoms with Crippen molar-refractivity contribution in [3.8, 4) is 0 Å². The van der Waals surface area contributed by atoms with E-state index in [2.05, 4.69) is 15.5 Å². The summed E-state index contributed by atoms with van der Waals surface area (Å²) in [5, 5.41) is 10.7. The summed E-state index contributed by atoms with van der Waals surface area (Å²) in [6.07, 6.45) is -0.594. The largest absolute Gasteiger partial charge is 0.444 e. The SMILES string of the molecule is CC(C)[C@H](NC(=O)[C@@H]1c2ccccc2CN1C(=O)OC(C)(C)C)C(=O)c1nnc(C(C)(C)C)o1. The molecule has 1 aromatic heterocycles. The molecule has 0 spiro atoms. The molecule has 184 valence electrons. The summed E-state index contributed by atoms with van der Waals surface area (Å²) in [5.74, 6) is -1.02. The molecule has 0 saturated carbocycles. The minimum Gasteiger partial charge on any atom is -0.444 e. The third kappa shape index (κ3) is 5.46. The molecule has 1 N–H and O–H groups in total. The molecule has 2 amide bonds. The Kier molecular flexibility index (Phi) is 6.87. The Balaban J connectivity index is 1.88. The second-order valence-corrected chi connectivity index (χ2v) is 11.0. The topological polar surface area (TPSA) is 115 Å². The predicted molar refractivity (Wildman–Crippen MR) is 125 cm³/mol. The van der Waals surface area contributed by atoms with Crippen LogP contribution in [0.4, 0.5) is 4.79 Å². The lowest BCUT2D eigenvalue weighted by molar-refractivity contribution is -0.127. The minimum absolute atomic E-state index is 0.153. The van der Waals surface area contributed by atoms with Crippen LogP contribution in [0.5, 0.6) is 0 Å². The van der Waals surface area contributed by atoms with Crippen LogP contribution in [0.3, 0.4) is 0 Å². The van der Waals surface area contributed by atoms with Crippen molar-refractivity contribution in [1.29, 1.82) is 0 Å². The molecule has 0 bridgehead atoms. The van der Waals surface area contributed by atoms with Gasteiger partial charge in [-0.25, -0.2) is 4.79 Å². The van der Waals surface area contributed by atoms with E-state index in [-0.39, 0.29) is 18.4 Å². The number of ketones is 1. The molecule has 1 aliphatic rings. The molecule has 1 aromatic carbocycles. The number of Topliss-reactive ketones (excluding diaryl/α,β-unsaturated/α-hetero) is 1. The van der Waals surface area contributed by atoms with Gasteiger partial charge in [0, 0.05) is 5.41 Å². The maximum atomic E-state index is 13.5. The Morgan fingerprint density at radius 2 is 1.74 bits per heavy atom. The lowest BCUT2D eigenvalue weighted by Gasteiger charge is -2.29. The second-order valence-electron chi connectivity index (χ2n) is 11.0. The highest BCUT2D eigenvalue weighted by Gasteiger charge is 2.42. The number of carbonyl (C=O) groups excluding carboxylic acids is 3. The predicted octanol–water partition coefficient (Wildman–Crippen LogP) is 4.18. The quantitative estimate of drug-likeness (QED) is 0.652. The summed E-state index contributed by atoms with van der Waals surface area (Å²) in [6, 6.07) is 5.52. The van der Waals surface area contributed by atoms with Crippen molar-refractivity contribution in [2.24, 2.45) is 5.92 Å². The van der Waals surface area contributed by atoms with Crippen molar-refractivity contribution in [3.05, 3.63) is 47.2 Å². The maximum Gasteiger partial charge on any atom is 0.411 e. The van der Waals surface area contributed by atoms with Gasteiger partial charge in [-0.1, -0.05) is 58.9 Å². The zero-order valence-corrected chi connectivity index (χ0v) is 21.1. The van der Waals surface area contributed by atoms with Crippen LogP contribution in [0.2, 0.25) is 0 Å². The molecule has 0 unspecified atom stereocenters. The van der Waals surface area contributed by atoms with E-state index in [0.717, 1.165) is 5.56 Å². The minimum atomic E-state index is -0.923. The van der Waals surface area contributed by atoms with Gasteiger partial charge in [-0.2, -0.15) is 0 Å². The van der Waals surface area contributed by atoms with Crippen molar-refractivity contribution in [3.63, 3.8) is 0 Å². The first kappa shape index (κ1) is 25.4. The van der Waals surface area contributed by atoms with Crippen molar-refractivity contribution in [1.82, 2.24) is 20.4 Å². The Hall–Kier alpha value is -3.23. The van der Waals surface area contributed by atoms with Crippen LogP contribution in [0.1, 0.15) is 89.1 Å². The van der Waals surface area contributed by atoms with Gasteiger partial charge in [0.05, 0.1) is 12.6 Å². The summed E-state index contributed by atoms with van der Waals surface area (Å²) < 4.78 is 11.2. The van der Waals surface area contributed by atoms with Gasteiger partial charge in [0.2, 0.25) is 17.6 Å². The zero-order valence-electron chi connectivity index (χ0n) is 21.1. The summed E-state index contributed by atoms with van der Waals surface area (Å²) in [7, 11) is 0. The van der Waals surface area contributed by atoms with E-state index < -0.39 is 40.9 Å². The lowest BCUT2D eigenvalue weighted by Crippen LogP contribution is -2.49. The number of fused-ring (bicyclic) bond motifs is 1. The van der Waals surface area contributed by atoms with E-state index in [4.69, 9.17) is 9.15 Å². The van der Waals surface area contributed by atoms with Crippen LogP contribution in [0.25, 0.3) is 0 Å². The number of nitrogens with one attached hydrogen (secondary N) is 1. The molecule has 2 atom stereocenters. The first-order valence-corrected chi connectivity index (χ1v) is 11.4. The summed E-state index contributed by atoms with van der Waals surface area (Å²) in [5.41, 5.74) is 0.427. The van der Waals surface area contributed by atoms with Crippen LogP contribution in [0, 0.1) is 5.92 Å². The molecule has 9 heteroatoms. The number of aromatic nitrogens is 2. The van der Waals surface area contributed by atoms with Gasteiger partial charge >= 0.3 is 6.09 Å². The first-order chi connectivity index (χ1) is 15.7. The average molecular weight is 471 g/mol. The van der Waals surface area contributed by atoms with E-state index in [0.29, 0.717) is 11.5 Å². The molecular weight excluding hydrogens is 436 g/mol. The Morgan fingerprint density at radius 3 is 2.29 bits per heavy atom. The van der Waals surface area contributed by atoms with Gasteiger partial charge in [-0.05, 0) is 37.8 Å². The van der Waals surface area contributed by atoms with Crippen molar-refractivity contribution in [2.45, 2.75) is 85.0 Å². The lowest BCUT2D eigenvalue weighted by atomic mass is 9.97. The third-order valence-electron chi connectivity index (χ3n) is 5.40. The number of hydrogen-bond acceptors (Lipinski definition) is 7. The molecule has 34 heavy (non-hydrogen) atoms. The van der Waals surface area contributed by atoms with E-state index in [1.54, 1.807) is 20.8 Å². The Labute approximate surface area is 200 Å². The standard InChI is InChI=1S/C25H34N4O5/c1-14(2)17(19(30)21-27-28-22(33-21)24(3,4)5)26-20(31)18-16-12-10-9-11-15(16)13-29(18)23(32)34-25(6,7)8/h9-12,14,17-18H,13H2,1-8H3,(H,26,31)/t17-,18-/m0/s1. The second kappa shape index (κ2) is 9.19. The number of amides is 2. The summed E-state index contributed by atoms with van der Waals surface area (Å²) >= 11 is 0. The number of benzene rings is 1. The first-order valence-electron chi connectivity index (χ1n) is 11.4. The fourth-order valence-electron chi connectivity index (χ4n) is 3.69. The number of nitrogens with zero attached hydrogens (tertiary/aromatic N) is 3. The van der Waals surface area contributed by atoms with E-state index in [1.807, 2.05) is 58.9 Å². The third-order valence-corrected chi connectivity index (χ3v) is 5.40. The molecule has 2 aromatic rings. The average Bonchev–Trinajstić information content (AvgIpc) is 3.35. The molecule has 0 radical (unpaired) electrons. The van der Waals surface area contributed by atoms with Crippen LogP contribution in [-0.2, 0) is 21.5 Å². The van der Waals surface area contributed by atoms with Crippen LogP contribution in [-0.4, -0.2) is 44.5 Å². The van der Waals surface area contributed by atoms with Gasteiger partial charge in [-0.3, -0.25) is 14.5 Å². The molecule has 3 rings (SSSR count). The highest BCUT2D eigenvalue weighted by Crippen LogP contribution is 2.35. The van der Waals surface area contributed by atoms with E-state index in [1.165, 1.54) is 4.90 Å². The van der Waals surface area contributed by atoms with Crippen LogP contribution < -0.4 is 5.32 Å². The maximum absolute atomic E-state index is 13.5. The number of rotatable bonds is 5. The monoisotopic (exact) mass is 470 g/mol. The van der Waals surface area contributed by atoms with E-state index in [9.17, 15) is 14.4 Å². The highest BCUT2D eigenvalue weighted by atomic mass is 16.6. The zero-order chi connectivity index (χ0) is 25.4. The molecule has 0 fully saturated rings. The molecule has 2 heterocycles. The van der Waals surface area contributed by atoms with Gasteiger partial charge in [0.1, 0.15) is 11.6 Å². The smallest absolute Gasteiger partial charge is 0.411 e. The van der Waals surface area contributed by atoms with Gasteiger partial charge in [0.15, 0.2) is 0 Å². The van der Waals surface area contributed by atoms with Crippen molar-refractivity contribution >= 4 is 17.8 Å². The number of ether oxygens (including phenoxy) is 1. The Bertz CT molecular complexity index is 1080. The number of hydrogen-bond donors (Lipinski definition) is 1. The van der Waals surface area contributed by atoms with Crippen molar-refractivity contribution in [2.75, 3.05) is 0 Å². The van der Waals surface area contributed by atoms with E-state index >= 15 is 0 Å². The normalized spacial score (nSPS) is 16.9. The molecule has 0 aliphatic carbocycles. The molecule has 1 aliphatic heterocycles. The molecular formula is C25H34N4O5. The van der Waals surface area contributed by atoms with Gasteiger partial charge < -0.3 is 14.5 Å². The van der Waals surface area contributed by atoms with Crippen LogP contribution >= 0.6 is 0 Å². The highest BCUT2D eigenvalue weighted by molar-refractivity contribution is 6.00. The fourth-order valence-corrected chi connectivity index (χ4v) is 3.69. The van der Waals surface area contributed by atoms with Crippen LogP contribution in [0.15, 0.2) is 28.7 Å².